The standard InChI is InChI=1S/C18H16ClF3N2O3S/c1-9-13(27-7-11-5-14(18(20,21)22)23-24(11)2)6-12(19)16-10(4-15(25)26-3)8-28-17(9)16/h5-6,8H,4,7H2,1-3H3. The number of methoxy groups -OCH3 is 1. The topological polar surface area (TPSA) is 53.4 Å². The summed E-state index contributed by atoms with van der Waals surface area (Å²) in [5, 5.41) is 6.45. The summed E-state index contributed by atoms with van der Waals surface area (Å²) in [6.07, 6.45) is -4.41. The van der Waals surface area contributed by atoms with Crippen LogP contribution in [0.25, 0.3) is 10.1 Å². The molecular formula is C18H16ClF3N2O3S. The zero-order valence-electron chi connectivity index (χ0n) is 15.2. The highest BCUT2D eigenvalue weighted by Gasteiger charge is 2.34. The highest BCUT2D eigenvalue weighted by Crippen LogP contribution is 2.40. The predicted octanol–water partition coefficient (Wildman–Crippen LogP) is 4.91. The highest BCUT2D eigenvalue weighted by molar-refractivity contribution is 7.17. The van der Waals surface area contributed by atoms with Gasteiger partial charge in [-0.2, -0.15) is 18.3 Å². The van der Waals surface area contributed by atoms with Gasteiger partial charge in [0.2, 0.25) is 0 Å². The van der Waals surface area contributed by atoms with E-state index in [1.165, 1.54) is 25.5 Å². The van der Waals surface area contributed by atoms with Crippen molar-refractivity contribution in [1.29, 1.82) is 0 Å². The molecule has 2 aromatic heterocycles. The minimum atomic E-state index is -4.51. The fourth-order valence-electron chi connectivity index (χ4n) is 2.78. The van der Waals surface area contributed by atoms with E-state index in [-0.39, 0.29) is 24.7 Å². The van der Waals surface area contributed by atoms with Crippen LogP contribution < -0.4 is 4.74 Å². The van der Waals surface area contributed by atoms with Crippen molar-refractivity contribution in [3.05, 3.63) is 45.1 Å². The van der Waals surface area contributed by atoms with E-state index in [4.69, 9.17) is 21.1 Å². The number of benzene rings is 1. The maximum Gasteiger partial charge on any atom is 0.435 e. The lowest BCUT2D eigenvalue weighted by atomic mass is 10.1. The summed E-state index contributed by atoms with van der Waals surface area (Å²) >= 11 is 7.81. The van der Waals surface area contributed by atoms with E-state index in [1.807, 2.05) is 12.3 Å². The summed E-state index contributed by atoms with van der Waals surface area (Å²) in [7, 11) is 2.74. The molecule has 5 nitrogen and oxygen atoms in total. The summed E-state index contributed by atoms with van der Waals surface area (Å²) in [5.74, 6) is 0.0872. The molecular weight excluding hydrogens is 417 g/mol. The second-order valence-corrected chi connectivity index (χ2v) is 7.42. The number of rotatable bonds is 5. The first kappa shape index (κ1) is 20.5. The zero-order chi connectivity index (χ0) is 20.6. The second kappa shape index (κ2) is 7.63. The van der Waals surface area contributed by atoms with Crippen LogP contribution in [0.5, 0.6) is 5.75 Å². The quantitative estimate of drug-likeness (QED) is 0.537. The Morgan fingerprint density at radius 2 is 2.07 bits per heavy atom. The number of carbonyl (C=O) groups excluding carboxylic acids is 1. The predicted molar refractivity (Wildman–Crippen MR) is 99.8 cm³/mol. The summed E-state index contributed by atoms with van der Waals surface area (Å²) in [4.78, 5) is 11.6. The Balaban J connectivity index is 1.88. The van der Waals surface area contributed by atoms with Crippen molar-refractivity contribution < 1.29 is 27.4 Å². The normalized spacial score (nSPS) is 11.8. The van der Waals surface area contributed by atoms with Crippen LogP contribution in [0.15, 0.2) is 17.5 Å². The molecule has 1 aromatic carbocycles. The molecule has 0 aliphatic rings. The summed E-state index contributed by atoms with van der Waals surface area (Å²) in [6, 6.07) is 2.56. The molecule has 10 heteroatoms. The molecule has 0 N–H and O–H groups in total. The number of fused-ring (bicyclic) bond motifs is 1. The third-order valence-corrected chi connectivity index (χ3v) is 5.73. The van der Waals surface area contributed by atoms with Gasteiger partial charge in [-0.05, 0) is 30.0 Å². The molecule has 0 amide bonds. The van der Waals surface area contributed by atoms with Crippen molar-refractivity contribution in [2.45, 2.75) is 26.1 Å². The maximum atomic E-state index is 12.8. The molecule has 0 bridgehead atoms. The number of aryl methyl sites for hydroxylation is 2. The molecule has 0 saturated heterocycles. The van der Waals surface area contributed by atoms with Crippen LogP contribution in [0.1, 0.15) is 22.5 Å². The fraction of sp³-hybridized carbons (Fsp3) is 0.333. The number of alkyl halides is 3. The van der Waals surface area contributed by atoms with Crippen molar-refractivity contribution in [3.8, 4) is 5.75 Å². The molecule has 0 radical (unpaired) electrons. The minimum absolute atomic E-state index is 0.0946. The first-order chi connectivity index (χ1) is 13.1. The average molecular weight is 433 g/mol. The molecule has 3 rings (SSSR count). The highest BCUT2D eigenvalue weighted by atomic mass is 35.5. The number of halogens is 4. The van der Waals surface area contributed by atoms with E-state index in [9.17, 15) is 18.0 Å². The minimum Gasteiger partial charge on any atom is -0.487 e. The second-order valence-electron chi connectivity index (χ2n) is 6.13. The number of thiophene rings is 1. The van der Waals surface area contributed by atoms with Gasteiger partial charge in [0.1, 0.15) is 12.4 Å². The number of esters is 1. The zero-order valence-corrected chi connectivity index (χ0v) is 16.8. The number of carbonyl (C=O) groups is 1. The van der Waals surface area contributed by atoms with Gasteiger partial charge in [-0.3, -0.25) is 9.48 Å². The average Bonchev–Trinajstić information content (AvgIpc) is 3.21. The lowest BCUT2D eigenvalue weighted by Gasteiger charge is -2.12. The van der Waals surface area contributed by atoms with Crippen LogP contribution in [-0.2, 0) is 35.8 Å². The fourth-order valence-corrected chi connectivity index (χ4v) is 4.25. The molecule has 0 spiro atoms. The molecule has 0 atom stereocenters. The van der Waals surface area contributed by atoms with Crippen LogP contribution in [-0.4, -0.2) is 22.9 Å². The van der Waals surface area contributed by atoms with Crippen molar-refractivity contribution in [3.63, 3.8) is 0 Å². The van der Waals surface area contributed by atoms with Gasteiger partial charge in [0, 0.05) is 22.7 Å². The van der Waals surface area contributed by atoms with E-state index in [0.717, 1.165) is 32.0 Å². The Morgan fingerprint density at radius 1 is 1.36 bits per heavy atom. The van der Waals surface area contributed by atoms with Gasteiger partial charge in [-0.15, -0.1) is 11.3 Å². The van der Waals surface area contributed by atoms with E-state index in [1.54, 1.807) is 6.07 Å². The number of ether oxygens (including phenoxy) is 2. The van der Waals surface area contributed by atoms with Gasteiger partial charge >= 0.3 is 12.1 Å². The third kappa shape index (κ3) is 3.95. The van der Waals surface area contributed by atoms with E-state index in [0.29, 0.717) is 10.8 Å². The molecule has 150 valence electrons. The molecule has 0 saturated carbocycles. The number of hydrogen-bond acceptors (Lipinski definition) is 5. The van der Waals surface area contributed by atoms with Crippen LogP contribution in [0, 0.1) is 6.92 Å². The Hall–Kier alpha value is -2.26. The molecule has 0 unspecified atom stereocenters. The molecule has 0 aliphatic heterocycles. The van der Waals surface area contributed by atoms with Crippen LogP contribution >= 0.6 is 22.9 Å². The Bertz CT molecular complexity index is 1040. The van der Waals surface area contributed by atoms with Crippen LogP contribution in [0.3, 0.4) is 0 Å². The van der Waals surface area contributed by atoms with E-state index < -0.39 is 11.9 Å². The summed E-state index contributed by atoms with van der Waals surface area (Å²) in [6.45, 7) is 1.74. The Labute approximate surface area is 167 Å². The first-order valence-electron chi connectivity index (χ1n) is 8.10. The van der Waals surface area contributed by atoms with Gasteiger partial charge in [-0.25, -0.2) is 0 Å². The monoisotopic (exact) mass is 432 g/mol. The molecule has 0 fully saturated rings. The Kier molecular flexibility index (Phi) is 5.58. The third-order valence-electron chi connectivity index (χ3n) is 4.28. The van der Waals surface area contributed by atoms with Gasteiger partial charge in [0.25, 0.3) is 0 Å². The van der Waals surface area contributed by atoms with Crippen molar-refractivity contribution in [2.75, 3.05) is 7.11 Å². The number of nitrogens with zero attached hydrogens (tertiary/aromatic N) is 2. The van der Waals surface area contributed by atoms with E-state index >= 15 is 0 Å². The SMILES string of the molecule is COC(=O)Cc1csc2c(C)c(OCc3cc(C(F)(F)F)nn3C)cc(Cl)c12. The number of aromatic nitrogens is 2. The first-order valence-corrected chi connectivity index (χ1v) is 9.36. The van der Waals surface area contributed by atoms with Crippen LogP contribution in [0.2, 0.25) is 5.02 Å². The number of hydrogen-bond donors (Lipinski definition) is 0. The maximum absolute atomic E-state index is 12.8. The van der Waals surface area contributed by atoms with Gasteiger partial charge in [0.05, 0.1) is 24.2 Å². The van der Waals surface area contributed by atoms with Crippen molar-refractivity contribution >= 4 is 39.0 Å². The largest absolute Gasteiger partial charge is 0.487 e. The molecule has 2 heterocycles. The lowest BCUT2D eigenvalue weighted by molar-refractivity contribution is -0.141. The molecule has 28 heavy (non-hydrogen) atoms. The Morgan fingerprint density at radius 3 is 2.68 bits per heavy atom. The van der Waals surface area contributed by atoms with Crippen molar-refractivity contribution in [2.24, 2.45) is 7.05 Å². The lowest BCUT2D eigenvalue weighted by Crippen LogP contribution is -2.06. The van der Waals surface area contributed by atoms with Crippen LogP contribution in [0.4, 0.5) is 13.2 Å². The van der Waals surface area contributed by atoms with Gasteiger partial charge in [0.15, 0.2) is 5.69 Å². The van der Waals surface area contributed by atoms with Gasteiger partial charge in [-0.1, -0.05) is 11.6 Å². The van der Waals surface area contributed by atoms with E-state index in [2.05, 4.69) is 5.10 Å². The molecule has 3 aromatic rings. The summed E-state index contributed by atoms with van der Waals surface area (Å²) < 4.78 is 50.8. The van der Waals surface area contributed by atoms with Gasteiger partial charge < -0.3 is 9.47 Å². The smallest absolute Gasteiger partial charge is 0.435 e. The molecule has 0 aliphatic carbocycles. The summed E-state index contributed by atoms with van der Waals surface area (Å²) in [5.41, 5.74) is 0.858. The van der Waals surface area contributed by atoms with Crippen molar-refractivity contribution in [1.82, 2.24) is 9.78 Å².